The summed E-state index contributed by atoms with van der Waals surface area (Å²) in [6, 6.07) is 5.05. The Balaban J connectivity index is 1.87. The van der Waals surface area contributed by atoms with Crippen molar-refractivity contribution in [3.05, 3.63) is 36.4 Å². The zero-order valence-corrected chi connectivity index (χ0v) is 12.3. The van der Waals surface area contributed by atoms with E-state index in [1.54, 1.807) is 35.2 Å². The molecule has 0 fully saturated rings. The molecule has 3 N–H and O–H groups in total. The molecule has 0 saturated heterocycles. The standard InChI is InChI=1S/C13H15N5O2S/c1-18-6-5-15-12(18)4-7-21(19,20)13-16-10-3-2-9(14)8-11(10)17-13/h2-3,5-6,8H,4,7,14H2,1H3,(H,16,17). The van der Waals surface area contributed by atoms with Crippen LogP contribution in [0.3, 0.4) is 0 Å². The van der Waals surface area contributed by atoms with Crippen LogP contribution in [0.25, 0.3) is 11.0 Å². The third-order valence-electron chi connectivity index (χ3n) is 3.29. The second kappa shape index (κ2) is 4.88. The van der Waals surface area contributed by atoms with Crippen molar-refractivity contribution in [2.45, 2.75) is 11.6 Å². The molecule has 110 valence electrons. The Labute approximate surface area is 121 Å². The molecule has 0 aliphatic carbocycles. The fraction of sp³-hybridized carbons (Fsp3) is 0.231. The summed E-state index contributed by atoms with van der Waals surface area (Å²) in [7, 11) is -1.66. The van der Waals surface area contributed by atoms with Crippen LogP contribution in [0.5, 0.6) is 0 Å². The zero-order valence-electron chi connectivity index (χ0n) is 11.4. The fourth-order valence-corrected chi connectivity index (χ4v) is 3.26. The SMILES string of the molecule is Cn1ccnc1CCS(=O)(=O)c1nc2ccc(N)cc2[nH]1. The highest BCUT2D eigenvalue weighted by Crippen LogP contribution is 2.18. The van der Waals surface area contributed by atoms with E-state index in [1.165, 1.54) is 0 Å². The van der Waals surface area contributed by atoms with Crippen molar-refractivity contribution in [3.63, 3.8) is 0 Å². The summed E-state index contributed by atoms with van der Waals surface area (Å²) in [4.78, 5) is 11.1. The molecule has 2 aromatic heterocycles. The minimum absolute atomic E-state index is 0.0303. The van der Waals surface area contributed by atoms with Crippen molar-refractivity contribution in [2.24, 2.45) is 7.05 Å². The molecule has 21 heavy (non-hydrogen) atoms. The summed E-state index contributed by atoms with van der Waals surface area (Å²) in [5.41, 5.74) is 7.43. The quantitative estimate of drug-likeness (QED) is 0.696. The largest absolute Gasteiger partial charge is 0.399 e. The van der Waals surface area contributed by atoms with Gasteiger partial charge in [-0.05, 0) is 18.2 Å². The van der Waals surface area contributed by atoms with Gasteiger partial charge in [-0.1, -0.05) is 0 Å². The second-order valence-corrected chi connectivity index (χ2v) is 6.87. The van der Waals surface area contributed by atoms with E-state index in [4.69, 9.17) is 5.73 Å². The Hall–Kier alpha value is -2.35. The number of aromatic amines is 1. The van der Waals surface area contributed by atoms with Gasteiger partial charge in [-0.2, -0.15) is 0 Å². The fourth-order valence-electron chi connectivity index (χ4n) is 2.11. The lowest BCUT2D eigenvalue weighted by atomic mass is 10.3. The van der Waals surface area contributed by atoms with Crippen LogP contribution >= 0.6 is 0 Å². The average molecular weight is 305 g/mol. The molecule has 1 aromatic carbocycles. The van der Waals surface area contributed by atoms with Crippen LogP contribution in [-0.2, 0) is 23.3 Å². The van der Waals surface area contributed by atoms with E-state index < -0.39 is 9.84 Å². The number of benzene rings is 1. The third kappa shape index (κ3) is 2.62. The summed E-state index contributed by atoms with van der Waals surface area (Å²) < 4.78 is 26.5. The lowest BCUT2D eigenvalue weighted by molar-refractivity contribution is 0.587. The van der Waals surface area contributed by atoms with Gasteiger partial charge in [0.1, 0.15) is 5.82 Å². The van der Waals surface area contributed by atoms with Gasteiger partial charge in [0.25, 0.3) is 0 Å². The van der Waals surface area contributed by atoms with Crippen LogP contribution in [-0.4, -0.2) is 33.7 Å². The summed E-state index contributed by atoms with van der Waals surface area (Å²) in [5.74, 6) is 0.673. The number of fused-ring (bicyclic) bond motifs is 1. The van der Waals surface area contributed by atoms with Crippen molar-refractivity contribution < 1.29 is 8.42 Å². The maximum absolute atomic E-state index is 12.3. The number of aromatic nitrogens is 4. The highest BCUT2D eigenvalue weighted by atomic mass is 32.2. The number of hydrogen-bond donors (Lipinski definition) is 2. The van der Waals surface area contributed by atoms with Crippen LogP contribution < -0.4 is 5.73 Å². The van der Waals surface area contributed by atoms with Gasteiger partial charge in [0.2, 0.25) is 15.0 Å². The van der Waals surface area contributed by atoms with E-state index in [1.807, 2.05) is 7.05 Å². The Kier molecular flexibility index (Phi) is 3.17. The van der Waals surface area contributed by atoms with E-state index in [-0.39, 0.29) is 10.9 Å². The molecular weight excluding hydrogens is 290 g/mol. The molecule has 0 bridgehead atoms. The lowest BCUT2D eigenvalue weighted by Gasteiger charge is -2.01. The molecule has 7 nitrogen and oxygen atoms in total. The summed E-state index contributed by atoms with van der Waals surface area (Å²) in [5, 5.41) is -0.0303. The van der Waals surface area contributed by atoms with Gasteiger partial charge in [-0.15, -0.1) is 0 Å². The van der Waals surface area contributed by atoms with E-state index in [9.17, 15) is 8.42 Å². The van der Waals surface area contributed by atoms with Crippen LogP contribution in [0.4, 0.5) is 5.69 Å². The molecule has 0 spiro atoms. The molecule has 8 heteroatoms. The van der Waals surface area contributed by atoms with Crippen molar-refractivity contribution >= 4 is 26.6 Å². The molecule has 0 aliphatic heterocycles. The number of nitrogen functional groups attached to an aromatic ring is 1. The molecular formula is C13H15N5O2S. The third-order valence-corrected chi connectivity index (χ3v) is 4.82. The van der Waals surface area contributed by atoms with Gasteiger partial charge >= 0.3 is 0 Å². The molecule has 0 aliphatic rings. The summed E-state index contributed by atoms with van der Waals surface area (Å²) in [6.07, 6.45) is 3.77. The number of sulfone groups is 1. The Bertz CT molecular complexity index is 894. The molecule has 3 aromatic rings. The van der Waals surface area contributed by atoms with Gasteiger partial charge in [0.15, 0.2) is 0 Å². The molecule has 2 heterocycles. The summed E-state index contributed by atoms with van der Waals surface area (Å²) in [6.45, 7) is 0. The first-order chi connectivity index (χ1) is 9.95. The molecule has 0 radical (unpaired) electrons. The lowest BCUT2D eigenvalue weighted by Crippen LogP contribution is -2.13. The number of imidazole rings is 2. The predicted octanol–water partition coefficient (Wildman–Crippen LogP) is 0.895. The minimum Gasteiger partial charge on any atom is -0.399 e. The Morgan fingerprint density at radius 1 is 1.38 bits per heavy atom. The van der Waals surface area contributed by atoms with Crippen LogP contribution in [0.2, 0.25) is 0 Å². The Morgan fingerprint density at radius 2 is 2.19 bits per heavy atom. The van der Waals surface area contributed by atoms with Crippen molar-refractivity contribution in [1.29, 1.82) is 0 Å². The number of nitrogens with one attached hydrogen (secondary N) is 1. The molecule has 3 rings (SSSR count). The number of anilines is 1. The van der Waals surface area contributed by atoms with Crippen molar-refractivity contribution in [3.8, 4) is 0 Å². The van der Waals surface area contributed by atoms with Crippen LogP contribution in [0, 0.1) is 0 Å². The van der Waals surface area contributed by atoms with Gasteiger partial charge in [-0.3, -0.25) is 0 Å². The highest BCUT2D eigenvalue weighted by molar-refractivity contribution is 7.91. The van der Waals surface area contributed by atoms with Gasteiger partial charge in [-0.25, -0.2) is 18.4 Å². The molecule has 0 unspecified atom stereocenters. The smallest absolute Gasteiger partial charge is 0.226 e. The van der Waals surface area contributed by atoms with Gasteiger partial charge < -0.3 is 15.3 Å². The van der Waals surface area contributed by atoms with Crippen LogP contribution in [0.15, 0.2) is 35.7 Å². The second-order valence-electron chi connectivity index (χ2n) is 4.84. The van der Waals surface area contributed by atoms with Gasteiger partial charge in [0, 0.05) is 31.5 Å². The average Bonchev–Trinajstić information content (AvgIpc) is 3.02. The maximum atomic E-state index is 12.3. The molecule has 0 atom stereocenters. The number of H-pyrrole nitrogens is 1. The topological polar surface area (TPSA) is 107 Å². The first-order valence-corrected chi connectivity index (χ1v) is 8.05. The van der Waals surface area contributed by atoms with Crippen molar-refractivity contribution in [2.75, 3.05) is 11.5 Å². The van der Waals surface area contributed by atoms with E-state index >= 15 is 0 Å². The monoisotopic (exact) mass is 305 g/mol. The zero-order chi connectivity index (χ0) is 15.0. The van der Waals surface area contributed by atoms with Crippen molar-refractivity contribution in [1.82, 2.24) is 19.5 Å². The summed E-state index contributed by atoms with van der Waals surface area (Å²) >= 11 is 0. The van der Waals surface area contributed by atoms with E-state index in [0.29, 0.717) is 23.1 Å². The number of hydrogen-bond acceptors (Lipinski definition) is 5. The van der Waals surface area contributed by atoms with E-state index in [0.717, 1.165) is 5.82 Å². The number of nitrogens with zero attached hydrogens (tertiary/aromatic N) is 3. The van der Waals surface area contributed by atoms with Crippen LogP contribution in [0.1, 0.15) is 5.82 Å². The number of rotatable bonds is 4. The number of nitrogens with two attached hydrogens (primary N) is 1. The normalized spacial score (nSPS) is 12.0. The molecule has 0 amide bonds. The maximum Gasteiger partial charge on any atom is 0.226 e. The molecule has 0 saturated carbocycles. The Morgan fingerprint density at radius 3 is 2.90 bits per heavy atom. The van der Waals surface area contributed by atoms with Gasteiger partial charge in [0.05, 0.1) is 16.8 Å². The number of aryl methyl sites for hydroxylation is 2. The first-order valence-electron chi connectivity index (χ1n) is 6.40. The minimum atomic E-state index is -3.49. The first kappa shape index (κ1) is 13.6. The highest BCUT2D eigenvalue weighted by Gasteiger charge is 2.20. The predicted molar refractivity (Wildman–Crippen MR) is 79.5 cm³/mol. The van der Waals surface area contributed by atoms with E-state index in [2.05, 4.69) is 15.0 Å².